The Kier molecular flexibility index (Phi) is 6.41. The third-order valence-corrected chi connectivity index (χ3v) is 4.99. The molecule has 28 heavy (non-hydrogen) atoms. The molecule has 1 fully saturated rings. The molecule has 0 saturated carbocycles. The van der Waals surface area contributed by atoms with Gasteiger partial charge >= 0.3 is 0 Å². The minimum atomic E-state index is -0.229. The highest BCUT2D eigenvalue weighted by molar-refractivity contribution is 6.34. The van der Waals surface area contributed by atoms with Crippen molar-refractivity contribution in [3.8, 4) is 5.75 Å². The summed E-state index contributed by atoms with van der Waals surface area (Å²) in [5, 5.41) is 3.53. The molecule has 148 valence electrons. The fourth-order valence-corrected chi connectivity index (χ4v) is 3.56. The number of benzene rings is 2. The highest BCUT2D eigenvalue weighted by Crippen LogP contribution is 2.35. The van der Waals surface area contributed by atoms with Gasteiger partial charge in [0.1, 0.15) is 5.75 Å². The number of nitrogens with zero attached hydrogens (tertiary/aromatic N) is 2. The van der Waals surface area contributed by atoms with Crippen LogP contribution in [0.4, 0.5) is 11.4 Å². The van der Waals surface area contributed by atoms with E-state index in [0.29, 0.717) is 54.8 Å². The minimum absolute atomic E-state index is 0.0708. The van der Waals surface area contributed by atoms with E-state index in [2.05, 4.69) is 10.2 Å². The topological polar surface area (TPSA) is 61.9 Å². The fraction of sp³-hybridized carbons (Fsp3) is 0.333. The fourth-order valence-electron chi connectivity index (χ4n) is 3.27. The van der Waals surface area contributed by atoms with Gasteiger partial charge in [-0.05, 0) is 37.3 Å². The number of carbonyl (C=O) groups excluding carboxylic acids is 2. The van der Waals surface area contributed by atoms with Crippen LogP contribution in [0.15, 0.2) is 42.5 Å². The second kappa shape index (κ2) is 8.97. The summed E-state index contributed by atoms with van der Waals surface area (Å²) in [7, 11) is 0. The monoisotopic (exact) mass is 401 g/mol. The number of carbonyl (C=O) groups is 2. The van der Waals surface area contributed by atoms with E-state index in [0.717, 1.165) is 5.69 Å². The van der Waals surface area contributed by atoms with E-state index in [-0.39, 0.29) is 11.8 Å². The molecule has 1 aliphatic rings. The quantitative estimate of drug-likeness (QED) is 0.830. The molecule has 7 heteroatoms. The maximum atomic E-state index is 12.8. The normalized spacial score (nSPS) is 14.0. The van der Waals surface area contributed by atoms with E-state index >= 15 is 0 Å². The van der Waals surface area contributed by atoms with Crippen molar-refractivity contribution in [3.05, 3.63) is 53.1 Å². The van der Waals surface area contributed by atoms with Crippen LogP contribution in [0.25, 0.3) is 0 Å². The number of para-hydroxylation sites is 1. The highest BCUT2D eigenvalue weighted by atomic mass is 35.5. The smallest absolute Gasteiger partial charge is 0.255 e. The van der Waals surface area contributed by atoms with E-state index in [9.17, 15) is 9.59 Å². The van der Waals surface area contributed by atoms with Crippen LogP contribution in [0.1, 0.15) is 24.2 Å². The summed E-state index contributed by atoms with van der Waals surface area (Å²) in [6.07, 6.45) is 0. The summed E-state index contributed by atoms with van der Waals surface area (Å²) in [5.41, 5.74) is 1.94. The van der Waals surface area contributed by atoms with Gasteiger partial charge in [-0.3, -0.25) is 9.59 Å². The average molecular weight is 402 g/mol. The molecule has 0 spiro atoms. The van der Waals surface area contributed by atoms with Gasteiger partial charge in [0.05, 0.1) is 23.0 Å². The summed E-state index contributed by atoms with van der Waals surface area (Å²) in [6, 6.07) is 12.5. The third-order valence-electron chi connectivity index (χ3n) is 4.68. The molecule has 6 nitrogen and oxygen atoms in total. The first kappa shape index (κ1) is 20.0. The van der Waals surface area contributed by atoms with Crippen LogP contribution < -0.4 is 15.0 Å². The Labute approximate surface area is 170 Å². The number of rotatable bonds is 5. The molecule has 1 heterocycles. The first-order chi connectivity index (χ1) is 13.5. The van der Waals surface area contributed by atoms with Gasteiger partial charge in [-0.25, -0.2) is 0 Å². The highest BCUT2D eigenvalue weighted by Gasteiger charge is 2.23. The summed E-state index contributed by atoms with van der Waals surface area (Å²) >= 11 is 6.46. The number of hydrogen-bond acceptors (Lipinski definition) is 4. The lowest BCUT2D eigenvalue weighted by molar-refractivity contribution is -0.129. The van der Waals surface area contributed by atoms with Gasteiger partial charge in [-0.15, -0.1) is 0 Å². The van der Waals surface area contributed by atoms with Crippen molar-refractivity contribution in [2.75, 3.05) is 43.0 Å². The molecule has 3 rings (SSSR count). The van der Waals surface area contributed by atoms with Crippen LogP contribution in [-0.4, -0.2) is 49.5 Å². The lowest BCUT2D eigenvalue weighted by Crippen LogP contribution is -2.48. The number of anilines is 2. The van der Waals surface area contributed by atoms with Crippen molar-refractivity contribution in [1.29, 1.82) is 0 Å². The Morgan fingerprint density at radius 2 is 1.82 bits per heavy atom. The van der Waals surface area contributed by atoms with Crippen molar-refractivity contribution in [2.45, 2.75) is 13.8 Å². The van der Waals surface area contributed by atoms with Gasteiger partial charge in [0, 0.05) is 38.7 Å². The molecule has 0 aliphatic carbocycles. The molecule has 1 N–H and O–H groups in total. The van der Waals surface area contributed by atoms with E-state index in [1.54, 1.807) is 31.2 Å². The van der Waals surface area contributed by atoms with Crippen molar-refractivity contribution >= 4 is 34.8 Å². The Hall–Kier alpha value is -2.73. The predicted molar refractivity (Wildman–Crippen MR) is 111 cm³/mol. The van der Waals surface area contributed by atoms with Crippen molar-refractivity contribution in [2.24, 2.45) is 0 Å². The van der Waals surface area contributed by atoms with Crippen molar-refractivity contribution in [1.82, 2.24) is 4.90 Å². The third kappa shape index (κ3) is 4.57. The molecule has 0 atom stereocenters. The summed E-state index contributed by atoms with van der Waals surface area (Å²) in [4.78, 5) is 28.3. The van der Waals surface area contributed by atoms with E-state index in [4.69, 9.17) is 16.3 Å². The minimum Gasteiger partial charge on any atom is -0.494 e. The molecule has 2 aromatic carbocycles. The van der Waals surface area contributed by atoms with Crippen LogP contribution in [-0.2, 0) is 4.79 Å². The zero-order valence-corrected chi connectivity index (χ0v) is 16.8. The number of hydrogen-bond donors (Lipinski definition) is 1. The van der Waals surface area contributed by atoms with Crippen LogP contribution in [0.2, 0.25) is 5.02 Å². The standard InChI is InChI=1S/C21H24ClN3O3/c1-3-28-17-7-4-6-16(14-17)21(27)23-19-9-5-8-18(22)20(19)25-12-10-24(11-13-25)15(2)26/h4-9,14H,3,10-13H2,1-2H3,(H,23,27). The first-order valence-electron chi connectivity index (χ1n) is 9.32. The lowest BCUT2D eigenvalue weighted by atomic mass is 10.1. The maximum absolute atomic E-state index is 12.8. The Morgan fingerprint density at radius 3 is 2.50 bits per heavy atom. The zero-order chi connectivity index (χ0) is 20.1. The SMILES string of the molecule is CCOc1cccc(C(=O)Nc2cccc(Cl)c2N2CCN(C(C)=O)CC2)c1. The second-order valence-corrected chi connectivity index (χ2v) is 6.95. The van der Waals surface area contributed by atoms with Gasteiger partial charge in [0.25, 0.3) is 5.91 Å². The predicted octanol–water partition coefficient (Wildman–Crippen LogP) is 3.66. The molecular weight excluding hydrogens is 378 g/mol. The molecule has 0 radical (unpaired) electrons. The van der Waals surface area contributed by atoms with Crippen LogP contribution in [0.5, 0.6) is 5.75 Å². The number of halogens is 1. The van der Waals surface area contributed by atoms with Gasteiger partial charge in [0.15, 0.2) is 0 Å². The summed E-state index contributed by atoms with van der Waals surface area (Å²) in [6.45, 7) is 6.59. The summed E-state index contributed by atoms with van der Waals surface area (Å²) < 4.78 is 5.47. The van der Waals surface area contributed by atoms with Gasteiger partial charge in [-0.1, -0.05) is 23.7 Å². The molecule has 2 aromatic rings. The Morgan fingerprint density at radius 1 is 1.11 bits per heavy atom. The Bertz CT molecular complexity index is 864. The number of ether oxygens (including phenoxy) is 1. The number of piperazine rings is 1. The van der Waals surface area contributed by atoms with Crippen LogP contribution >= 0.6 is 11.6 Å². The molecule has 0 aromatic heterocycles. The molecule has 1 aliphatic heterocycles. The van der Waals surface area contributed by atoms with E-state index < -0.39 is 0 Å². The Balaban J connectivity index is 1.80. The first-order valence-corrected chi connectivity index (χ1v) is 9.70. The summed E-state index contributed by atoms with van der Waals surface area (Å²) in [5.74, 6) is 0.496. The van der Waals surface area contributed by atoms with Crippen LogP contribution in [0.3, 0.4) is 0 Å². The maximum Gasteiger partial charge on any atom is 0.255 e. The van der Waals surface area contributed by atoms with E-state index in [1.165, 1.54) is 0 Å². The van der Waals surface area contributed by atoms with Crippen LogP contribution in [0, 0.1) is 0 Å². The van der Waals surface area contributed by atoms with Gasteiger partial charge in [-0.2, -0.15) is 0 Å². The van der Waals surface area contributed by atoms with Crippen molar-refractivity contribution < 1.29 is 14.3 Å². The number of amides is 2. The average Bonchev–Trinajstić information content (AvgIpc) is 2.69. The molecular formula is C21H24ClN3O3. The largest absolute Gasteiger partial charge is 0.494 e. The van der Waals surface area contributed by atoms with Crippen molar-refractivity contribution in [3.63, 3.8) is 0 Å². The van der Waals surface area contributed by atoms with Gasteiger partial charge < -0.3 is 19.9 Å². The molecule has 2 amide bonds. The zero-order valence-electron chi connectivity index (χ0n) is 16.1. The van der Waals surface area contributed by atoms with Gasteiger partial charge in [0.2, 0.25) is 5.91 Å². The van der Waals surface area contributed by atoms with E-state index in [1.807, 2.05) is 30.0 Å². The lowest BCUT2D eigenvalue weighted by Gasteiger charge is -2.37. The number of nitrogens with one attached hydrogen (secondary N) is 1. The molecule has 1 saturated heterocycles. The second-order valence-electron chi connectivity index (χ2n) is 6.54. The molecule has 0 bridgehead atoms. The molecule has 0 unspecified atom stereocenters.